The minimum Gasteiger partial charge on any atom is -0.423 e. The van der Waals surface area contributed by atoms with Crippen LogP contribution in [0.25, 0.3) is 0 Å². The number of rotatable bonds is 5. The molecule has 0 aliphatic rings. The third-order valence-electron chi connectivity index (χ3n) is 2.70. The number of hydrogen-bond donors (Lipinski definition) is 2. The van der Waals surface area contributed by atoms with Crippen molar-refractivity contribution in [3.63, 3.8) is 0 Å². The number of hydrogen-bond acceptors (Lipinski definition) is 4. The monoisotopic (exact) mass is 358 g/mol. The Morgan fingerprint density at radius 1 is 1.37 bits per heavy atom. The maximum absolute atomic E-state index is 12.3. The van der Waals surface area contributed by atoms with Gasteiger partial charge in [0.15, 0.2) is 0 Å². The van der Waals surface area contributed by atoms with Crippen LogP contribution in [0, 0.1) is 13.8 Å². The molecule has 0 aliphatic heterocycles. The Kier molecular flexibility index (Phi) is 7.95. The van der Waals surface area contributed by atoms with E-state index in [-0.39, 0.29) is 43.1 Å². The normalized spacial score (nSPS) is 12.9. The van der Waals surface area contributed by atoms with Crippen molar-refractivity contribution in [2.24, 2.45) is 0 Å². The van der Waals surface area contributed by atoms with Crippen LogP contribution in [0.1, 0.15) is 6.42 Å². The first-order valence-electron chi connectivity index (χ1n) is 5.37. The minimum atomic E-state index is -3.82. The molecule has 103 valence electrons. The molecule has 8 heteroatoms. The van der Waals surface area contributed by atoms with Gasteiger partial charge in [-0.3, -0.25) is 0 Å². The van der Waals surface area contributed by atoms with Crippen molar-refractivity contribution in [1.29, 1.82) is 0 Å². The summed E-state index contributed by atoms with van der Waals surface area (Å²) in [6.45, 7) is 7.29. The summed E-state index contributed by atoms with van der Waals surface area (Å²) in [5, 5.41) is 18.4. The fraction of sp³-hybridized carbons (Fsp3) is 0.273. The fourth-order valence-electron chi connectivity index (χ4n) is 1.46. The summed E-state index contributed by atoms with van der Waals surface area (Å²) in [6.07, 6.45) is 0.319. The maximum Gasteiger partial charge on any atom is 0.489 e. The predicted octanol–water partition coefficient (Wildman–Crippen LogP) is -0.589. The van der Waals surface area contributed by atoms with E-state index in [2.05, 4.69) is 13.8 Å². The van der Waals surface area contributed by atoms with E-state index in [4.69, 9.17) is 0 Å². The molecule has 0 aromatic heterocycles. The molecule has 0 aliphatic carbocycles. The first kappa shape index (κ1) is 19.2. The Morgan fingerprint density at radius 3 is 2.37 bits per heavy atom. The van der Waals surface area contributed by atoms with Crippen LogP contribution in [-0.2, 0) is 42.7 Å². The van der Waals surface area contributed by atoms with E-state index in [1.807, 2.05) is 0 Å². The molecule has 0 spiro atoms. The van der Waals surface area contributed by atoms with Crippen LogP contribution in [0.5, 0.6) is 0 Å². The van der Waals surface area contributed by atoms with Crippen LogP contribution in [0.3, 0.4) is 0 Å². The molecule has 1 aromatic carbocycles. The third-order valence-corrected chi connectivity index (χ3v) is 4.69. The first-order valence-corrected chi connectivity index (χ1v) is 6.81. The van der Waals surface area contributed by atoms with Gasteiger partial charge in [-0.25, -0.2) is 12.7 Å². The fourth-order valence-corrected chi connectivity index (χ4v) is 2.99. The zero-order chi connectivity index (χ0) is 13.9. The van der Waals surface area contributed by atoms with E-state index in [0.717, 1.165) is 4.31 Å². The quantitative estimate of drug-likeness (QED) is 0.545. The SMILES string of the molecule is [CH2-]CC([CH2-])N(C)S(=O)(=O)c1ccccc1B(O)O.[Y]. The molecule has 0 amide bonds. The maximum atomic E-state index is 12.3. The topological polar surface area (TPSA) is 77.8 Å². The van der Waals surface area contributed by atoms with Gasteiger partial charge in [0.1, 0.15) is 0 Å². The Balaban J connectivity index is 0.00000324. The molecule has 1 aromatic rings. The molecular formula is C11H16BNO4SY-2. The van der Waals surface area contributed by atoms with Crippen molar-refractivity contribution < 1.29 is 51.2 Å². The van der Waals surface area contributed by atoms with E-state index < -0.39 is 23.2 Å². The summed E-state index contributed by atoms with van der Waals surface area (Å²) in [4.78, 5) is -0.135. The van der Waals surface area contributed by atoms with Crippen LogP contribution in [-0.4, -0.2) is 43.0 Å². The van der Waals surface area contributed by atoms with Crippen LogP contribution < -0.4 is 5.46 Å². The summed E-state index contributed by atoms with van der Waals surface area (Å²) in [7, 11) is -4.27. The van der Waals surface area contributed by atoms with Gasteiger partial charge in [0.05, 0.1) is 4.90 Å². The van der Waals surface area contributed by atoms with Gasteiger partial charge in [-0.05, 0) is 13.1 Å². The second-order valence-corrected chi connectivity index (χ2v) is 5.84. The molecule has 0 bridgehead atoms. The smallest absolute Gasteiger partial charge is 0.423 e. The molecule has 0 saturated heterocycles. The van der Waals surface area contributed by atoms with Crippen LogP contribution in [0.2, 0.25) is 0 Å². The average molecular weight is 358 g/mol. The molecule has 1 unspecified atom stereocenters. The Morgan fingerprint density at radius 2 is 1.89 bits per heavy atom. The summed E-state index contributed by atoms with van der Waals surface area (Å²) < 4.78 is 25.7. The van der Waals surface area contributed by atoms with Gasteiger partial charge in [-0.2, -0.15) is 6.42 Å². The van der Waals surface area contributed by atoms with Gasteiger partial charge in [0, 0.05) is 38.2 Å². The molecule has 2 N–H and O–H groups in total. The van der Waals surface area contributed by atoms with Gasteiger partial charge in [-0.15, -0.1) is 6.04 Å². The predicted molar refractivity (Wildman–Crippen MR) is 70.3 cm³/mol. The second-order valence-electron chi connectivity index (χ2n) is 3.88. The molecule has 1 atom stereocenters. The standard InChI is InChI=1S/C11H16BNO4S.Y/c1-4-9(2)13(3)18(16,17)11-8-6-5-7-10(11)12(14)15;/h5-9,14-15H,1-2,4H2,3H3;/q-2;. The van der Waals surface area contributed by atoms with Gasteiger partial charge in [0.25, 0.3) is 0 Å². The second kappa shape index (κ2) is 7.86. The Labute approximate surface area is 140 Å². The summed E-state index contributed by atoms with van der Waals surface area (Å²) in [5.41, 5.74) is -0.0550. The van der Waals surface area contributed by atoms with Gasteiger partial charge in [-0.1, -0.05) is 18.2 Å². The zero-order valence-corrected chi connectivity index (χ0v) is 14.4. The van der Waals surface area contributed by atoms with E-state index in [0.29, 0.717) is 6.42 Å². The largest absolute Gasteiger partial charge is 0.489 e. The molecule has 1 radical (unpaired) electrons. The summed E-state index contributed by atoms with van der Waals surface area (Å²) in [6, 6.07) is 5.23. The van der Waals surface area contributed by atoms with E-state index in [9.17, 15) is 18.5 Å². The van der Waals surface area contributed by atoms with Crippen LogP contribution >= 0.6 is 0 Å². The van der Waals surface area contributed by atoms with E-state index in [1.165, 1.54) is 31.3 Å². The minimum absolute atomic E-state index is 0. The molecule has 19 heavy (non-hydrogen) atoms. The van der Waals surface area contributed by atoms with Gasteiger partial charge >= 0.3 is 7.12 Å². The average Bonchev–Trinajstić information content (AvgIpc) is 2.36. The summed E-state index contributed by atoms with van der Waals surface area (Å²) >= 11 is 0. The molecular weight excluding hydrogens is 342 g/mol. The molecule has 5 nitrogen and oxygen atoms in total. The number of sulfonamides is 1. The van der Waals surface area contributed by atoms with Crippen molar-refractivity contribution >= 4 is 22.6 Å². The molecule has 0 heterocycles. The van der Waals surface area contributed by atoms with Gasteiger partial charge < -0.3 is 23.9 Å². The van der Waals surface area contributed by atoms with Crippen molar-refractivity contribution in [2.45, 2.75) is 17.4 Å². The van der Waals surface area contributed by atoms with Crippen molar-refractivity contribution in [1.82, 2.24) is 4.31 Å². The van der Waals surface area contributed by atoms with E-state index >= 15 is 0 Å². The number of benzene rings is 1. The Hall–Kier alpha value is 0.219. The van der Waals surface area contributed by atoms with E-state index in [1.54, 1.807) is 0 Å². The van der Waals surface area contributed by atoms with Crippen molar-refractivity contribution in [3.05, 3.63) is 38.1 Å². The molecule has 1 rings (SSSR count). The molecule has 0 saturated carbocycles. The van der Waals surface area contributed by atoms with Gasteiger partial charge in [0.2, 0.25) is 10.0 Å². The zero-order valence-electron chi connectivity index (χ0n) is 10.7. The van der Waals surface area contributed by atoms with Crippen molar-refractivity contribution in [2.75, 3.05) is 7.05 Å². The third kappa shape index (κ3) is 4.34. The van der Waals surface area contributed by atoms with Crippen molar-refractivity contribution in [3.8, 4) is 0 Å². The summed E-state index contributed by atoms with van der Waals surface area (Å²) in [5.74, 6) is 0. The Bertz CT molecular complexity index is 509. The van der Waals surface area contributed by atoms with Crippen LogP contribution in [0.15, 0.2) is 29.2 Å². The molecule has 0 fully saturated rings. The first-order chi connectivity index (χ1) is 8.32. The number of nitrogens with zero attached hydrogens (tertiary/aromatic N) is 1. The van der Waals surface area contributed by atoms with Crippen LogP contribution in [0.4, 0.5) is 0 Å².